The van der Waals surface area contributed by atoms with Gasteiger partial charge in [0.15, 0.2) is 6.61 Å². The number of hydrogen-bond acceptors (Lipinski definition) is 3. The van der Waals surface area contributed by atoms with Gasteiger partial charge in [0.25, 0.3) is 5.91 Å². The Morgan fingerprint density at radius 1 is 0.885 bits per heavy atom. The maximum absolute atomic E-state index is 12.0. The number of furan rings is 1. The zero-order valence-corrected chi connectivity index (χ0v) is 14.3. The molecular weight excluding hydrogens is 326 g/mol. The number of rotatable bonds is 6. The lowest BCUT2D eigenvalue weighted by molar-refractivity contribution is -0.123. The molecule has 0 aliphatic heterocycles. The number of hydrogen-bond donors (Lipinski definition) is 1. The third-order valence-corrected chi connectivity index (χ3v) is 4.30. The molecule has 1 heterocycles. The van der Waals surface area contributed by atoms with Crippen molar-refractivity contribution in [3.05, 3.63) is 78.4 Å². The van der Waals surface area contributed by atoms with E-state index in [0.717, 1.165) is 28.4 Å². The van der Waals surface area contributed by atoms with Crippen molar-refractivity contribution in [2.24, 2.45) is 0 Å². The Bertz CT molecular complexity index is 1040. The molecular formula is C22H19NO3. The lowest BCUT2D eigenvalue weighted by Gasteiger charge is -2.07. The molecule has 0 aliphatic rings. The van der Waals surface area contributed by atoms with Crippen LogP contribution in [0.1, 0.15) is 5.56 Å². The van der Waals surface area contributed by atoms with Crippen LogP contribution in [0.3, 0.4) is 0 Å². The van der Waals surface area contributed by atoms with E-state index in [2.05, 4.69) is 5.32 Å². The highest BCUT2D eigenvalue weighted by Crippen LogP contribution is 2.31. The smallest absolute Gasteiger partial charge is 0.257 e. The first-order valence-corrected chi connectivity index (χ1v) is 8.64. The Morgan fingerprint density at radius 2 is 1.65 bits per heavy atom. The molecule has 26 heavy (non-hydrogen) atoms. The minimum Gasteiger partial charge on any atom is -0.484 e. The Kier molecular flexibility index (Phi) is 4.56. The average Bonchev–Trinajstić information content (AvgIpc) is 3.05. The van der Waals surface area contributed by atoms with E-state index >= 15 is 0 Å². The van der Waals surface area contributed by atoms with Crippen molar-refractivity contribution in [2.75, 3.05) is 13.2 Å². The molecule has 3 aromatic carbocycles. The molecule has 1 amide bonds. The summed E-state index contributed by atoms with van der Waals surface area (Å²) in [6.45, 7) is 0.591. The number of carbonyl (C=O) groups excluding carboxylic acids is 1. The summed E-state index contributed by atoms with van der Waals surface area (Å²) in [5, 5.41) is 4.91. The summed E-state index contributed by atoms with van der Waals surface area (Å²) in [7, 11) is 0. The monoisotopic (exact) mass is 345 g/mol. The highest BCUT2D eigenvalue weighted by atomic mass is 16.5. The van der Waals surface area contributed by atoms with E-state index in [4.69, 9.17) is 9.15 Å². The van der Waals surface area contributed by atoms with Crippen molar-refractivity contribution in [3.8, 4) is 5.75 Å². The molecule has 4 nitrogen and oxygen atoms in total. The number of benzene rings is 3. The van der Waals surface area contributed by atoms with Crippen LogP contribution in [-0.4, -0.2) is 19.1 Å². The Balaban J connectivity index is 1.35. The van der Waals surface area contributed by atoms with E-state index in [1.54, 1.807) is 0 Å². The summed E-state index contributed by atoms with van der Waals surface area (Å²) in [4.78, 5) is 12.0. The van der Waals surface area contributed by atoms with Crippen LogP contribution >= 0.6 is 0 Å². The second-order valence-electron chi connectivity index (χ2n) is 6.13. The average molecular weight is 345 g/mol. The first-order chi connectivity index (χ1) is 12.8. The van der Waals surface area contributed by atoms with Crippen molar-refractivity contribution < 1.29 is 13.9 Å². The maximum atomic E-state index is 12.0. The summed E-state index contributed by atoms with van der Waals surface area (Å²) >= 11 is 0. The van der Waals surface area contributed by atoms with Gasteiger partial charge in [-0.15, -0.1) is 0 Å². The molecule has 0 saturated carbocycles. The third-order valence-electron chi connectivity index (χ3n) is 4.30. The quantitative estimate of drug-likeness (QED) is 0.566. The van der Waals surface area contributed by atoms with Gasteiger partial charge in [0.05, 0.1) is 0 Å². The van der Waals surface area contributed by atoms with E-state index in [9.17, 15) is 4.79 Å². The number of amides is 1. The zero-order chi connectivity index (χ0) is 17.8. The molecule has 0 radical (unpaired) electrons. The molecule has 0 aliphatic carbocycles. The highest BCUT2D eigenvalue weighted by Gasteiger charge is 2.08. The van der Waals surface area contributed by atoms with Crippen LogP contribution in [0.25, 0.3) is 21.9 Å². The topological polar surface area (TPSA) is 51.5 Å². The van der Waals surface area contributed by atoms with E-state index in [-0.39, 0.29) is 12.5 Å². The molecule has 4 rings (SSSR count). The fourth-order valence-corrected chi connectivity index (χ4v) is 2.99. The van der Waals surface area contributed by atoms with E-state index in [1.807, 2.05) is 72.8 Å². The van der Waals surface area contributed by atoms with Crippen LogP contribution in [0.4, 0.5) is 0 Å². The molecule has 0 unspecified atom stereocenters. The number of carbonyl (C=O) groups is 1. The fourth-order valence-electron chi connectivity index (χ4n) is 2.99. The zero-order valence-electron chi connectivity index (χ0n) is 14.3. The van der Waals surface area contributed by atoms with E-state index < -0.39 is 0 Å². The van der Waals surface area contributed by atoms with Gasteiger partial charge in [-0.25, -0.2) is 0 Å². The molecule has 4 aromatic rings. The van der Waals surface area contributed by atoms with Gasteiger partial charge < -0.3 is 14.5 Å². The lowest BCUT2D eigenvalue weighted by Crippen LogP contribution is -2.30. The first kappa shape index (κ1) is 16.2. The van der Waals surface area contributed by atoms with Crippen LogP contribution in [0.15, 0.2) is 77.2 Å². The van der Waals surface area contributed by atoms with Gasteiger partial charge in [-0.2, -0.15) is 0 Å². The molecule has 1 N–H and O–H groups in total. The van der Waals surface area contributed by atoms with E-state index in [1.165, 1.54) is 5.56 Å². The van der Waals surface area contributed by atoms with Crippen molar-refractivity contribution in [1.82, 2.24) is 5.32 Å². The van der Waals surface area contributed by atoms with Gasteiger partial charge in [-0.1, -0.05) is 48.5 Å². The first-order valence-electron chi connectivity index (χ1n) is 8.64. The standard InChI is InChI=1S/C22H19NO3/c24-22(23-13-12-16-6-2-1-3-7-16)15-25-17-10-11-21-19(14-17)18-8-4-5-9-20(18)26-21/h1-11,14H,12-13,15H2,(H,23,24). The van der Waals surface area contributed by atoms with Crippen LogP contribution in [0, 0.1) is 0 Å². The van der Waals surface area contributed by atoms with E-state index in [0.29, 0.717) is 12.3 Å². The normalized spacial score (nSPS) is 10.9. The lowest BCUT2D eigenvalue weighted by atomic mass is 10.1. The van der Waals surface area contributed by atoms with Crippen LogP contribution in [0.5, 0.6) is 5.75 Å². The predicted octanol–water partition coefficient (Wildman–Crippen LogP) is 4.32. The van der Waals surface area contributed by atoms with Gasteiger partial charge in [0.1, 0.15) is 16.9 Å². The van der Waals surface area contributed by atoms with Gasteiger partial charge >= 0.3 is 0 Å². The SMILES string of the molecule is O=C(COc1ccc2oc3ccccc3c2c1)NCCc1ccccc1. The minimum atomic E-state index is -0.127. The van der Waals surface area contributed by atoms with Crippen LogP contribution in [-0.2, 0) is 11.2 Å². The largest absolute Gasteiger partial charge is 0.484 e. The number of para-hydroxylation sites is 1. The van der Waals surface area contributed by atoms with Gasteiger partial charge in [0, 0.05) is 17.3 Å². The van der Waals surface area contributed by atoms with Crippen molar-refractivity contribution in [3.63, 3.8) is 0 Å². The second-order valence-corrected chi connectivity index (χ2v) is 6.13. The van der Waals surface area contributed by atoms with Crippen molar-refractivity contribution in [2.45, 2.75) is 6.42 Å². The maximum Gasteiger partial charge on any atom is 0.257 e. The summed E-state index contributed by atoms with van der Waals surface area (Å²) in [6.07, 6.45) is 0.805. The van der Waals surface area contributed by atoms with Gasteiger partial charge in [-0.3, -0.25) is 4.79 Å². The summed E-state index contributed by atoms with van der Waals surface area (Å²) in [5.74, 6) is 0.528. The Hall–Kier alpha value is -3.27. The van der Waals surface area contributed by atoms with Crippen molar-refractivity contribution in [1.29, 1.82) is 0 Å². The van der Waals surface area contributed by atoms with Crippen LogP contribution < -0.4 is 10.1 Å². The van der Waals surface area contributed by atoms with Gasteiger partial charge in [0.2, 0.25) is 0 Å². The molecule has 0 atom stereocenters. The Labute approximate surface area is 151 Å². The van der Waals surface area contributed by atoms with Gasteiger partial charge in [-0.05, 0) is 36.2 Å². The number of ether oxygens (including phenoxy) is 1. The van der Waals surface area contributed by atoms with Crippen LogP contribution in [0.2, 0.25) is 0 Å². The molecule has 4 heteroatoms. The summed E-state index contributed by atoms with van der Waals surface area (Å²) < 4.78 is 11.4. The molecule has 0 saturated heterocycles. The minimum absolute atomic E-state index is 0.00389. The number of fused-ring (bicyclic) bond motifs is 3. The third kappa shape index (κ3) is 3.54. The Morgan fingerprint density at radius 3 is 2.54 bits per heavy atom. The molecule has 130 valence electrons. The molecule has 1 aromatic heterocycles. The summed E-state index contributed by atoms with van der Waals surface area (Å²) in [6, 6.07) is 23.6. The molecule has 0 spiro atoms. The van der Waals surface area contributed by atoms with Crippen molar-refractivity contribution >= 4 is 27.8 Å². The molecule has 0 bridgehead atoms. The highest BCUT2D eigenvalue weighted by molar-refractivity contribution is 6.05. The fraction of sp³-hybridized carbons (Fsp3) is 0.136. The molecule has 0 fully saturated rings. The predicted molar refractivity (Wildman–Crippen MR) is 102 cm³/mol. The summed E-state index contributed by atoms with van der Waals surface area (Å²) in [5.41, 5.74) is 2.86. The number of nitrogens with one attached hydrogen (secondary N) is 1. The second kappa shape index (κ2) is 7.31.